The lowest BCUT2D eigenvalue weighted by Crippen LogP contribution is -2.64. The molecule has 1 saturated heterocycles. The molecular formula is C19H21NO4. The Morgan fingerprint density at radius 1 is 1.50 bits per heavy atom. The molecule has 0 aromatic heterocycles. The summed E-state index contributed by atoms with van der Waals surface area (Å²) in [6.45, 7) is 2.32. The molecule has 0 saturated carbocycles. The van der Waals surface area contributed by atoms with Gasteiger partial charge in [-0.15, -0.1) is 0 Å². The van der Waals surface area contributed by atoms with E-state index in [2.05, 4.69) is 18.0 Å². The number of carbonyl (C=O) groups is 1. The van der Waals surface area contributed by atoms with E-state index < -0.39 is 17.6 Å². The molecule has 5 nitrogen and oxygen atoms in total. The van der Waals surface area contributed by atoms with Crippen molar-refractivity contribution in [2.24, 2.45) is 5.92 Å². The van der Waals surface area contributed by atoms with Gasteiger partial charge in [0.2, 0.25) is 0 Å². The number of hydrogen-bond donors (Lipinski definition) is 2. The summed E-state index contributed by atoms with van der Waals surface area (Å²) in [5, 5.41) is 21.2. The average molecular weight is 328 g/mol. The number of Topliss-reactive ketones (excluding diaryl/α,β-unsaturated/α-hetero) is 1. The van der Waals surface area contributed by atoms with Crippen LogP contribution in [-0.4, -0.2) is 52.7 Å². The van der Waals surface area contributed by atoms with Gasteiger partial charge in [0, 0.05) is 28.5 Å². The topological polar surface area (TPSA) is 70.0 Å². The predicted octanol–water partition coefficient (Wildman–Crippen LogP) is 1.40. The maximum Gasteiger partial charge on any atom is 0.165 e. The van der Waals surface area contributed by atoms with Gasteiger partial charge in [-0.05, 0) is 45.0 Å². The molecule has 5 rings (SSSR count). The fourth-order valence-corrected chi connectivity index (χ4v) is 5.55. The summed E-state index contributed by atoms with van der Waals surface area (Å²) in [6.07, 6.45) is 4.10. The van der Waals surface area contributed by atoms with E-state index in [1.165, 1.54) is 6.92 Å². The van der Waals surface area contributed by atoms with Crippen molar-refractivity contribution in [2.45, 2.75) is 43.4 Å². The quantitative estimate of drug-likeness (QED) is 0.602. The number of likely N-dealkylation sites (tertiary alicyclic amines) is 1. The summed E-state index contributed by atoms with van der Waals surface area (Å²) in [5.74, 6) is 0.00928. The van der Waals surface area contributed by atoms with Crippen molar-refractivity contribution < 1.29 is 21.1 Å². The van der Waals surface area contributed by atoms with Gasteiger partial charge in [-0.1, -0.05) is 12.2 Å². The lowest BCUT2D eigenvalue weighted by atomic mass is 9.53. The Hall–Kier alpha value is -1.85. The summed E-state index contributed by atoms with van der Waals surface area (Å²) in [6, 6.07) is 0.0435. The number of carbonyl (C=O) groups excluding carboxylic acids is 1. The van der Waals surface area contributed by atoms with Crippen molar-refractivity contribution in [2.75, 3.05) is 13.6 Å². The first-order chi connectivity index (χ1) is 11.9. The molecule has 5 atom stereocenters. The number of nitrogens with zero attached hydrogens (tertiary/aromatic N) is 1. The third-order valence-electron chi connectivity index (χ3n) is 6.55. The number of aliphatic hydroxyl groups excluding tert-OH is 1. The SMILES string of the molecule is [2H]c1c(O)c2c3c(c1C(C)=O)C[C@@H]1[C@@H]4C=C[C@H](O)[C@@H](O2)[C@]34CCN1C. The Bertz CT molecular complexity index is 851. The van der Waals surface area contributed by atoms with Crippen LogP contribution in [0.25, 0.3) is 0 Å². The van der Waals surface area contributed by atoms with Crippen LogP contribution in [0.15, 0.2) is 18.2 Å². The Morgan fingerprint density at radius 2 is 2.29 bits per heavy atom. The van der Waals surface area contributed by atoms with Gasteiger partial charge in [0.25, 0.3) is 0 Å². The normalized spacial score (nSPS) is 39.2. The van der Waals surface area contributed by atoms with Crippen molar-refractivity contribution in [3.8, 4) is 11.5 Å². The van der Waals surface area contributed by atoms with E-state index >= 15 is 0 Å². The highest BCUT2D eigenvalue weighted by Gasteiger charge is 2.64. The molecule has 2 bridgehead atoms. The van der Waals surface area contributed by atoms with Crippen LogP contribution >= 0.6 is 0 Å². The molecule has 2 heterocycles. The van der Waals surface area contributed by atoms with Crippen LogP contribution in [0.2, 0.25) is 0 Å². The van der Waals surface area contributed by atoms with Crippen molar-refractivity contribution in [1.82, 2.24) is 4.90 Å². The van der Waals surface area contributed by atoms with Crippen molar-refractivity contribution in [3.63, 3.8) is 0 Å². The van der Waals surface area contributed by atoms with Crippen molar-refractivity contribution in [3.05, 3.63) is 34.9 Å². The zero-order valence-electron chi connectivity index (χ0n) is 14.7. The summed E-state index contributed by atoms with van der Waals surface area (Å²) >= 11 is 0. The van der Waals surface area contributed by atoms with E-state index in [-0.39, 0.29) is 29.5 Å². The third-order valence-corrected chi connectivity index (χ3v) is 6.55. The Morgan fingerprint density at radius 3 is 3.04 bits per heavy atom. The number of benzene rings is 1. The van der Waals surface area contributed by atoms with Crippen LogP contribution in [-0.2, 0) is 11.8 Å². The molecule has 5 heteroatoms. The van der Waals surface area contributed by atoms with Crippen LogP contribution in [0.4, 0.5) is 0 Å². The largest absolute Gasteiger partial charge is 0.504 e. The lowest BCUT2D eigenvalue weighted by molar-refractivity contribution is -0.0453. The van der Waals surface area contributed by atoms with Crippen LogP contribution in [0.1, 0.15) is 36.2 Å². The maximum absolute atomic E-state index is 12.3. The fraction of sp³-hybridized carbons (Fsp3) is 0.526. The first-order valence-electron chi connectivity index (χ1n) is 9.01. The number of phenolic OH excluding ortho intramolecular Hbond substituents is 1. The van der Waals surface area contributed by atoms with Crippen LogP contribution in [0.5, 0.6) is 11.5 Å². The van der Waals surface area contributed by atoms with Crippen molar-refractivity contribution in [1.29, 1.82) is 0 Å². The molecule has 24 heavy (non-hydrogen) atoms. The highest BCUT2D eigenvalue weighted by atomic mass is 16.5. The maximum atomic E-state index is 12.3. The van der Waals surface area contributed by atoms with Gasteiger partial charge < -0.3 is 19.8 Å². The number of piperidine rings is 1. The minimum Gasteiger partial charge on any atom is -0.504 e. The fourth-order valence-electron chi connectivity index (χ4n) is 5.55. The number of rotatable bonds is 1. The Kier molecular flexibility index (Phi) is 2.47. The number of phenols is 1. The number of aromatic hydroxyl groups is 1. The van der Waals surface area contributed by atoms with E-state index in [4.69, 9.17) is 6.11 Å². The minimum absolute atomic E-state index is 0.155. The summed E-state index contributed by atoms with van der Waals surface area (Å²) in [4.78, 5) is 14.6. The van der Waals surface area contributed by atoms with E-state index in [0.29, 0.717) is 17.7 Å². The second kappa shape index (κ2) is 4.41. The van der Waals surface area contributed by atoms with Gasteiger partial charge in [0.15, 0.2) is 17.3 Å². The number of aliphatic hydroxyl groups is 1. The minimum atomic E-state index is -0.756. The average Bonchev–Trinajstić information content (AvgIpc) is 2.91. The molecule has 1 fully saturated rings. The van der Waals surface area contributed by atoms with Crippen molar-refractivity contribution >= 4 is 5.78 Å². The molecule has 1 aromatic carbocycles. The molecule has 126 valence electrons. The van der Waals surface area contributed by atoms with Crippen LogP contribution in [0, 0.1) is 5.92 Å². The Labute approximate surface area is 141 Å². The lowest BCUT2D eigenvalue weighted by Gasteiger charge is -2.56. The molecular weight excluding hydrogens is 306 g/mol. The van der Waals surface area contributed by atoms with Gasteiger partial charge >= 0.3 is 0 Å². The smallest absolute Gasteiger partial charge is 0.165 e. The van der Waals surface area contributed by atoms with Gasteiger partial charge in [0.05, 0.1) is 1.37 Å². The van der Waals surface area contributed by atoms with E-state index in [1.807, 2.05) is 0 Å². The van der Waals surface area contributed by atoms with E-state index in [1.54, 1.807) is 6.08 Å². The second-order valence-electron chi connectivity index (χ2n) is 7.57. The van der Waals surface area contributed by atoms with Gasteiger partial charge in [-0.25, -0.2) is 0 Å². The number of ketones is 1. The number of ether oxygens (including phenoxy) is 1. The standard InChI is InChI=1S/C19H21NO4/c1-9(21)10-8-15(23)17-16-11(10)7-13-12-3-4-14(22)18(24-17)19(12,16)5-6-20(13)2/h3-4,8,12-14,18,22-23H,5-7H2,1-2H3/t12-,13+,14-,18+,19-/m0/s1/i8D. The third kappa shape index (κ3) is 1.46. The summed E-state index contributed by atoms with van der Waals surface area (Å²) in [7, 11) is 2.09. The molecule has 0 amide bonds. The zero-order valence-corrected chi connectivity index (χ0v) is 13.7. The van der Waals surface area contributed by atoms with Crippen LogP contribution < -0.4 is 4.74 Å². The summed E-state index contributed by atoms with van der Waals surface area (Å²) < 4.78 is 14.4. The van der Waals surface area contributed by atoms with Crippen LogP contribution in [0.3, 0.4) is 0 Å². The molecule has 2 aliphatic heterocycles. The van der Waals surface area contributed by atoms with Gasteiger partial charge in [-0.3, -0.25) is 4.79 Å². The molecule has 2 N–H and O–H groups in total. The zero-order chi connectivity index (χ0) is 17.7. The van der Waals surface area contributed by atoms with E-state index in [0.717, 1.165) is 24.1 Å². The number of hydrogen-bond acceptors (Lipinski definition) is 5. The molecule has 2 aliphatic carbocycles. The highest BCUT2D eigenvalue weighted by molar-refractivity contribution is 5.97. The summed E-state index contributed by atoms with van der Waals surface area (Å²) in [5.41, 5.74) is 1.59. The molecule has 0 unspecified atom stereocenters. The molecule has 0 radical (unpaired) electrons. The van der Waals surface area contributed by atoms with E-state index in [9.17, 15) is 15.0 Å². The predicted molar refractivity (Wildman–Crippen MR) is 87.6 cm³/mol. The molecule has 4 aliphatic rings. The monoisotopic (exact) mass is 328 g/mol. The first-order valence-corrected chi connectivity index (χ1v) is 8.51. The second-order valence-corrected chi connectivity index (χ2v) is 7.57. The highest BCUT2D eigenvalue weighted by Crippen LogP contribution is 2.62. The van der Waals surface area contributed by atoms with Gasteiger partial charge in [-0.2, -0.15) is 0 Å². The Balaban J connectivity index is 1.90. The van der Waals surface area contributed by atoms with Gasteiger partial charge in [0.1, 0.15) is 12.2 Å². The first kappa shape index (κ1) is 13.4. The molecule has 1 aromatic rings. The molecule has 1 spiro atoms. The number of likely N-dealkylation sites (N-methyl/N-ethyl adjacent to an activating group) is 1.